The van der Waals surface area contributed by atoms with Gasteiger partial charge >= 0.3 is 0 Å². The van der Waals surface area contributed by atoms with Crippen LogP contribution in [0.4, 0.5) is 0 Å². The van der Waals surface area contributed by atoms with Gasteiger partial charge in [0.05, 0.1) is 6.54 Å². The van der Waals surface area contributed by atoms with Gasteiger partial charge in [0.25, 0.3) is 0 Å². The van der Waals surface area contributed by atoms with Crippen LogP contribution in [-0.2, 0) is 19.4 Å². The second-order valence-corrected chi connectivity index (χ2v) is 5.17. The van der Waals surface area contributed by atoms with Crippen molar-refractivity contribution in [3.8, 4) is 5.88 Å². The lowest BCUT2D eigenvalue weighted by Crippen LogP contribution is -2.01. The first-order chi connectivity index (χ1) is 9.34. The van der Waals surface area contributed by atoms with Gasteiger partial charge in [-0.25, -0.2) is 0 Å². The second kappa shape index (κ2) is 3.89. The van der Waals surface area contributed by atoms with E-state index in [1.54, 1.807) is 0 Å². The lowest BCUT2D eigenvalue weighted by molar-refractivity contribution is 0.427. The molecule has 2 aromatic carbocycles. The van der Waals surface area contributed by atoms with Gasteiger partial charge in [0.1, 0.15) is 0 Å². The van der Waals surface area contributed by atoms with Crippen LogP contribution in [0.25, 0.3) is 10.8 Å². The predicted molar refractivity (Wildman–Crippen MR) is 76.6 cm³/mol. The normalized spacial score (nSPS) is 13.9. The van der Waals surface area contributed by atoms with Gasteiger partial charge in [-0.2, -0.15) is 0 Å². The molecule has 0 radical (unpaired) electrons. The summed E-state index contributed by atoms with van der Waals surface area (Å²) in [5.74, 6) is 0.405. The van der Waals surface area contributed by atoms with Gasteiger partial charge in [-0.05, 0) is 30.0 Å². The molecular formula is C17H15NO. The van der Waals surface area contributed by atoms with Crippen LogP contribution in [-0.4, -0.2) is 9.67 Å². The fraction of sp³-hybridized carbons (Fsp3) is 0.176. The molecule has 0 saturated carbocycles. The van der Waals surface area contributed by atoms with Crippen LogP contribution in [0.15, 0.2) is 48.5 Å². The number of aromatic hydroxyl groups is 1. The van der Waals surface area contributed by atoms with Gasteiger partial charge < -0.3 is 9.67 Å². The van der Waals surface area contributed by atoms with Crippen LogP contribution >= 0.6 is 0 Å². The van der Waals surface area contributed by atoms with Gasteiger partial charge in [-0.15, -0.1) is 0 Å². The summed E-state index contributed by atoms with van der Waals surface area (Å²) >= 11 is 0. The first-order valence-corrected chi connectivity index (χ1v) is 6.70. The van der Waals surface area contributed by atoms with Crippen molar-refractivity contribution >= 4 is 10.8 Å². The molecule has 2 nitrogen and oxygen atoms in total. The molecular weight excluding hydrogens is 234 g/mol. The Morgan fingerprint density at radius 1 is 0.789 bits per heavy atom. The van der Waals surface area contributed by atoms with Crippen molar-refractivity contribution in [2.45, 2.75) is 19.4 Å². The molecule has 0 fully saturated rings. The number of rotatable bonds is 0. The summed E-state index contributed by atoms with van der Waals surface area (Å²) in [6, 6.07) is 16.7. The molecule has 3 aromatic rings. The van der Waals surface area contributed by atoms with Gasteiger partial charge in [0.2, 0.25) is 0 Å². The van der Waals surface area contributed by atoms with E-state index in [9.17, 15) is 5.11 Å². The average Bonchev–Trinajstić information content (AvgIpc) is 2.63. The second-order valence-electron chi connectivity index (χ2n) is 5.17. The van der Waals surface area contributed by atoms with E-state index < -0.39 is 0 Å². The number of aryl methyl sites for hydroxylation is 2. The minimum Gasteiger partial charge on any atom is -0.494 e. The van der Waals surface area contributed by atoms with E-state index in [1.807, 2.05) is 18.2 Å². The minimum atomic E-state index is 0.405. The number of hydrogen-bond donors (Lipinski definition) is 1. The molecule has 0 saturated heterocycles. The van der Waals surface area contributed by atoms with Crippen molar-refractivity contribution in [2.75, 3.05) is 0 Å². The zero-order valence-electron chi connectivity index (χ0n) is 10.6. The summed E-state index contributed by atoms with van der Waals surface area (Å²) in [7, 11) is 0. The predicted octanol–water partition coefficient (Wildman–Crippen LogP) is 3.49. The Kier molecular flexibility index (Phi) is 2.18. The van der Waals surface area contributed by atoms with E-state index in [-0.39, 0.29) is 0 Å². The van der Waals surface area contributed by atoms with Crippen LogP contribution in [0.1, 0.15) is 16.8 Å². The lowest BCUT2D eigenvalue weighted by Gasteiger charge is -2.07. The highest BCUT2D eigenvalue weighted by atomic mass is 16.3. The molecule has 2 heteroatoms. The standard InChI is InChI=1S/C17H15NO/c19-17-15-8-4-3-7-14(15)16-10-9-12-5-1-2-6-13(12)11-18(16)17/h1-8,19H,9-11H2. The topological polar surface area (TPSA) is 25.2 Å². The highest BCUT2D eigenvalue weighted by molar-refractivity contribution is 5.91. The van der Waals surface area contributed by atoms with Crippen molar-refractivity contribution in [3.05, 3.63) is 65.4 Å². The summed E-state index contributed by atoms with van der Waals surface area (Å²) in [4.78, 5) is 0. The Morgan fingerprint density at radius 2 is 1.47 bits per heavy atom. The first kappa shape index (κ1) is 10.7. The summed E-state index contributed by atoms with van der Waals surface area (Å²) in [6.07, 6.45) is 2.03. The maximum atomic E-state index is 10.4. The molecule has 1 aliphatic heterocycles. The summed E-state index contributed by atoms with van der Waals surface area (Å²) in [6.45, 7) is 0.770. The van der Waals surface area contributed by atoms with Gasteiger partial charge in [-0.3, -0.25) is 0 Å². The Balaban J connectivity index is 1.98. The number of aromatic nitrogens is 1. The van der Waals surface area contributed by atoms with Crippen LogP contribution in [0.2, 0.25) is 0 Å². The first-order valence-electron chi connectivity index (χ1n) is 6.70. The Morgan fingerprint density at radius 3 is 2.32 bits per heavy atom. The van der Waals surface area contributed by atoms with E-state index in [0.29, 0.717) is 5.88 Å². The van der Waals surface area contributed by atoms with Gasteiger partial charge in [0, 0.05) is 16.5 Å². The maximum Gasteiger partial charge on any atom is 0.199 e. The summed E-state index contributed by atoms with van der Waals surface area (Å²) in [5.41, 5.74) is 3.97. The molecule has 0 bridgehead atoms. The fourth-order valence-electron chi connectivity index (χ4n) is 3.17. The lowest BCUT2D eigenvalue weighted by atomic mass is 10.0. The third kappa shape index (κ3) is 1.49. The molecule has 0 unspecified atom stereocenters. The van der Waals surface area contributed by atoms with Crippen molar-refractivity contribution in [1.82, 2.24) is 4.57 Å². The van der Waals surface area contributed by atoms with Gasteiger partial charge in [-0.1, -0.05) is 42.5 Å². The van der Waals surface area contributed by atoms with Crippen molar-refractivity contribution in [2.24, 2.45) is 0 Å². The van der Waals surface area contributed by atoms with E-state index in [1.165, 1.54) is 22.2 Å². The van der Waals surface area contributed by atoms with E-state index in [0.717, 1.165) is 24.8 Å². The molecule has 0 atom stereocenters. The van der Waals surface area contributed by atoms with Gasteiger partial charge in [0.15, 0.2) is 5.88 Å². The number of benzene rings is 2. The zero-order valence-corrected chi connectivity index (χ0v) is 10.6. The SMILES string of the molecule is Oc1c2ccccc2c2n1Cc1ccccc1CC2. The van der Waals surface area contributed by atoms with E-state index in [2.05, 4.69) is 34.9 Å². The molecule has 0 amide bonds. The largest absolute Gasteiger partial charge is 0.494 e. The third-order valence-electron chi connectivity index (χ3n) is 4.14. The summed E-state index contributed by atoms with van der Waals surface area (Å²) in [5, 5.41) is 12.6. The monoisotopic (exact) mass is 249 g/mol. The third-order valence-corrected chi connectivity index (χ3v) is 4.14. The quantitative estimate of drug-likeness (QED) is 0.648. The molecule has 1 aromatic heterocycles. The molecule has 19 heavy (non-hydrogen) atoms. The fourth-order valence-corrected chi connectivity index (χ4v) is 3.17. The molecule has 4 rings (SSSR count). The van der Waals surface area contributed by atoms with E-state index >= 15 is 0 Å². The molecule has 2 heterocycles. The molecule has 94 valence electrons. The minimum absolute atomic E-state index is 0.405. The smallest absolute Gasteiger partial charge is 0.199 e. The number of hydrogen-bond acceptors (Lipinski definition) is 1. The van der Waals surface area contributed by atoms with Crippen molar-refractivity contribution in [1.29, 1.82) is 0 Å². The Labute approximate surface area is 111 Å². The molecule has 0 spiro atoms. The number of fused-ring (bicyclic) bond motifs is 4. The highest BCUT2D eigenvalue weighted by Gasteiger charge is 2.19. The van der Waals surface area contributed by atoms with Crippen LogP contribution in [0, 0.1) is 0 Å². The Hall–Kier alpha value is -2.22. The van der Waals surface area contributed by atoms with E-state index in [4.69, 9.17) is 0 Å². The van der Waals surface area contributed by atoms with Crippen molar-refractivity contribution < 1.29 is 5.11 Å². The Bertz CT molecular complexity index is 770. The van der Waals surface area contributed by atoms with Crippen LogP contribution < -0.4 is 0 Å². The summed E-state index contributed by atoms with van der Waals surface area (Å²) < 4.78 is 2.07. The number of nitrogens with zero attached hydrogens (tertiary/aromatic N) is 1. The molecule has 1 N–H and O–H groups in total. The van der Waals surface area contributed by atoms with Crippen LogP contribution in [0.3, 0.4) is 0 Å². The zero-order chi connectivity index (χ0) is 12.8. The molecule has 1 aliphatic rings. The molecule has 0 aliphatic carbocycles. The van der Waals surface area contributed by atoms with Crippen LogP contribution in [0.5, 0.6) is 5.88 Å². The average molecular weight is 249 g/mol. The highest BCUT2D eigenvalue weighted by Crippen LogP contribution is 2.35. The maximum absolute atomic E-state index is 10.4. The van der Waals surface area contributed by atoms with Crippen molar-refractivity contribution in [3.63, 3.8) is 0 Å².